The Balaban J connectivity index is 1.42. The van der Waals surface area contributed by atoms with Crippen molar-refractivity contribution in [2.75, 3.05) is 37.8 Å². The third kappa shape index (κ3) is 10.8. The number of halogens is 3. The van der Waals surface area contributed by atoms with Crippen molar-refractivity contribution in [1.29, 1.82) is 0 Å². The molecule has 0 aromatic carbocycles. The minimum Gasteiger partial charge on any atom is -0.509 e. The van der Waals surface area contributed by atoms with E-state index in [-0.39, 0.29) is 60.2 Å². The highest BCUT2D eigenvalue weighted by Crippen LogP contribution is 2.29. The first-order valence-electron chi connectivity index (χ1n) is 14.3. The summed E-state index contributed by atoms with van der Waals surface area (Å²) in [6, 6.07) is -0.144. The molecule has 43 heavy (non-hydrogen) atoms. The smallest absolute Gasteiger partial charge is 0.419 e. The van der Waals surface area contributed by atoms with Gasteiger partial charge in [0.05, 0.1) is 36.1 Å². The van der Waals surface area contributed by atoms with Crippen molar-refractivity contribution in [2.45, 2.75) is 77.1 Å². The van der Waals surface area contributed by atoms with Crippen molar-refractivity contribution in [2.24, 2.45) is 15.9 Å². The number of anilines is 1. The first-order chi connectivity index (χ1) is 20.1. The van der Waals surface area contributed by atoms with E-state index < -0.39 is 31.9 Å². The van der Waals surface area contributed by atoms with Gasteiger partial charge < -0.3 is 14.7 Å². The summed E-state index contributed by atoms with van der Waals surface area (Å²) in [5.41, 5.74) is 1.87. The fourth-order valence-electron chi connectivity index (χ4n) is 4.54. The molecule has 1 fully saturated rings. The van der Waals surface area contributed by atoms with E-state index in [1.807, 2.05) is 0 Å². The monoisotopic (exact) mass is 626 g/mol. The Hall–Kier alpha value is -3.17. The lowest BCUT2D eigenvalue weighted by Crippen LogP contribution is -2.37. The van der Waals surface area contributed by atoms with Crippen LogP contribution in [-0.4, -0.2) is 91.8 Å². The second kappa shape index (κ2) is 15.0. The van der Waals surface area contributed by atoms with Crippen LogP contribution in [0.4, 0.5) is 19.1 Å². The van der Waals surface area contributed by atoms with Gasteiger partial charge in [-0.05, 0) is 38.7 Å². The topological polar surface area (TPSA) is 139 Å². The van der Waals surface area contributed by atoms with E-state index >= 15 is 0 Å². The lowest BCUT2D eigenvalue weighted by atomic mass is 9.93. The highest BCUT2D eigenvalue weighted by Gasteiger charge is 2.32. The van der Waals surface area contributed by atoms with E-state index in [0.717, 1.165) is 18.4 Å². The molecule has 11 nitrogen and oxygen atoms in total. The molecule has 1 amide bonds. The quantitative estimate of drug-likeness (QED) is 0.189. The summed E-state index contributed by atoms with van der Waals surface area (Å²) in [6.45, 7) is 11.6. The Kier molecular flexibility index (Phi) is 12.0. The number of aromatic nitrogens is 2. The zero-order valence-corrected chi connectivity index (χ0v) is 26.3. The molecule has 1 saturated heterocycles. The summed E-state index contributed by atoms with van der Waals surface area (Å²) in [7, 11) is -1.25. The average molecular weight is 627 g/mol. The molecule has 1 aromatic rings. The number of allylic oxidation sites excluding steroid dienone is 1. The number of rotatable bonds is 13. The van der Waals surface area contributed by atoms with Crippen LogP contribution in [0, 0.1) is 5.92 Å². The highest BCUT2D eigenvalue weighted by molar-refractivity contribution is 6.76. The lowest BCUT2D eigenvalue weighted by molar-refractivity contribution is -0.138. The number of carbonyl (C=O) groups excluding carboxylic acids is 2. The molecule has 0 radical (unpaired) electrons. The number of ketones is 1. The minimum absolute atomic E-state index is 0.0297. The number of nitrogens with one attached hydrogen (secondary N) is 1. The molecule has 238 valence electrons. The number of Topliss-reactive ketones (excluding diaryl/α,β-unsaturated/α-hetero) is 1. The number of hydrogen-bond donors (Lipinski definition) is 2. The normalized spacial score (nSPS) is 20.0. The van der Waals surface area contributed by atoms with E-state index in [1.54, 1.807) is 11.8 Å². The summed E-state index contributed by atoms with van der Waals surface area (Å²) in [6.07, 6.45) is 0.0387. The number of aliphatic hydroxyl groups excluding tert-OH is 1. The van der Waals surface area contributed by atoms with Crippen LogP contribution in [0.2, 0.25) is 25.7 Å². The fraction of sp³-hybridized carbons (Fsp3) is 0.643. The molecule has 0 aliphatic carbocycles. The van der Waals surface area contributed by atoms with Gasteiger partial charge in [0.25, 0.3) is 0 Å². The molecule has 0 bridgehead atoms. The molecule has 2 aliphatic heterocycles. The summed E-state index contributed by atoms with van der Waals surface area (Å²) < 4.78 is 43.9. The van der Waals surface area contributed by atoms with Gasteiger partial charge in [-0.2, -0.15) is 13.2 Å². The van der Waals surface area contributed by atoms with Crippen LogP contribution in [0.5, 0.6) is 0 Å². The summed E-state index contributed by atoms with van der Waals surface area (Å²) >= 11 is 0. The Morgan fingerprint density at radius 2 is 1.86 bits per heavy atom. The number of alkyl halides is 3. The van der Waals surface area contributed by atoms with Crippen LogP contribution in [0.15, 0.2) is 33.7 Å². The number of hydrogen-bond acceptors (Lipinski definition) is 10. The number of amides is 1. The SMILES string of the molecule is CC(=O)C1=C(O)C(COCC[Si](C)(C)C)N=CC1=N[C@@H](C)CONC(=O)CC1CCN(c2ncc(C(F)(F)F)cn2)CC1. The molecule has 2 aliphatic rings. The van der Waals surface area contributed by atoms with Gasteiger partial charge in [0.15, 0.2) is 5.78 Å². The third-order valence-electron chi connectivity index (χ3n) is 7.04. The maximum Gasteiger partial charge on any atom is 0.419 e. The van der Waals surface area contributed by atoms with Crippen LogP contribution < -0.4 is 10.4 Å². The van der Waals surface area contributed by atoms with Gasteiger partial charge in [-0.1, -0.05) is 19.6 Å². The van der Waals surface area contributed by atoms with Crippen molar-refractivity contribution >= 4 is 37.6 Å². The van der Waals surface area contributed by atoms with Crippen LogP contribution in [-0.2, 0) is 25.3 Å². The van der Waals surface area contributed by atoms with Crippen LogP contribution in [0.3, 0.4) is 0 Å². The number of piperidine rings is 1. The lowest BCUT2D eigenvalue weighted by Gasteiger charge is -2.31. The molecule has 0 saturated carbocycles. The summed E-state index contributed by atoms with van der Waals surface area (Å²) in [4.78, 5) is 48.3. The molecular weight excluding hydrogens is 585 g/mol. The molecule has 15 heteroatoms. The highest BCUT2D eigenvalue weighted by atomic mass is 28.3. The Morgan fingerprint density at radius 1 is 1.21 bits per heavy atom. The Morgan fingerprint density at radius 3 is 2.44 bits per heavy atom. The third-order valence-corrected chi connectivity index (χ3v) is 8.74. The largest absolute Gasteiger partial charge is 0.509 e. The number of aliphatic hydroxyl groups is 1. The predicted molar refractivity (Wildman–Crippen MR) is 159 cm³/mol. The van der Waals surface area contributed by atoms with Crippen LogP contribution in [0.1, 0.15) is 38.7 Å². The number of nitrogens with zero attached hydrogens (tertiary/aromatic N) is 5. The number of ether oxygens (including phenoxy) is 1. The van der Waals surface area contributed by atoms with Crippen molar-refractivity contribution < 1.29 is 37.4 Å². The number of hydroxylamine groups is 1. The second-order valence-electron chi connectivity index (χ2n) is 12.1. The molecule has 1 aromatic heterocycles. The van der Waals surface area contributed by atoms with Gasteiger partial charge >= 0.3 is 6.18 Å². The average Bonchev–Trinajstić information content (AvgIpc) is 2.91. The van der Waals surface area contributed by atoms with Crippen LogP contribution >= 0.6 is 0 Å². The van der Waals surface area contributed by atoms with Crippen molar-refractivity contribution in [3.8, 4) is 0 Å². The zero-order valence-electron chi connectivity index (χ0n) is 25.3. The van der Waals surface area contributed by atoms with E-state index in [0.29, 0.717) is 32.5 Å². The first-order valence-corrected chi connectivity index (χ1v) is 18.0. The van der Waals surface area contributed by atoms with Gasteiger partial charge in [0.2, 0.25) is 11.9 Å². The number of aliphatic imine (C=N–C) groups is 2. The van der Waals surface area contributed by atoms with Crippen molar-refractivity contribution in [3.63, 3.8) is 0 Å². The standard InChI is InChI=1S/C28H41F3N6O5Si/c1-18(35-22-15-32-23(26(40)25(22)19(2)38)17-41-10-11-43(3,4)5)16-42-36-24(39)12-20-6-8-37(9-7-20)27-33-13-21(14-34-27)28(29,30)31/h13-15,18,20,23,40H,6-12,16-17H2,1-5H3,(H,36,39)/t18-,23?/m0/s1. The number of dihydropyridines is 1. The molecular formula is C28H41F3N6O5Si. The van der Waals surface area contributed by atoms with E-state index in [1.165, 1.54) is 13.1 Å². The van der Waals surface area contributed by atoms with Gasteiger partial charge in [0, 0.05) is 52.8 Å². The minimum atomic E-state index is -4.49. The maximum absolute atomic E-state index is 12.7. The Bertz CT molecular complexity index is 1210. The second-order valence-corrected chi connectivity index (χ2v) is 17.7. The van der Waals surface area contributed by atoms with Gasteiger partial charge in [-0.3, -0.25) is 24.4 Å². The summed E-state index contributed by atoms with van der Waals surface area (Å²) in [5.74, 6) is -0.507. The van der Waals surface area contributed by atoms with Crippen molar-refractivity contribution in [3.05, 3.63) is 29.3 Å². The summed E-state index contributed by atoms with van der Waals surface area (Å²) in [5, 5.41) is 10.7. The zero-order chi connectivity index (χ0) is 31.8. The van der Waals surface area contributed by atoms with E-state index in [4.69, 9.17) is 9.57 Å². The maximum atomic E-state index is 12.7. The van der Waals surface area contributed by atoms with Crippen LogP contribution in [0.25, 0.3) is 0 Å². The molecule has 3 rings (SSSR count). The first kappa shape index (κ1) is 34.3. The van der Waals surface area contributed by atoms with Gasteiger partial charge in [-0.25, -0.2) is 15.4 Å². The van der Waals surface area contributed by atoms with E-state index in [2.05, 4.69) is 45.1 Å². The molecule has 3 heterocycles. The number of carbonyl (C=O) groups is 2. The Labute approximate surface area is 250 Å². The molecule has 2 N–H and O–H groups in total. The van der Waals surface area contributed by atoms with E-state index in [9.17, 15) is 27.9 Å². The fourth-order valence-corrected chi connectivity index (χ4v) is 5.29. The molecule has 2 atom stereocenters. The molecule has 0 spiro atoms. The molecule has 1 unspecified atom stereocenters. The van der Waals surface area contributed by atoms with Gasteiger partial charge in [-0.15, -0.1) is 0 Å². The predicted octanol–water partition coefficient (Wildman–Crippen LogP) is 4.19. The van der Waals surface area contributed by atoms with Gasteiger partial charge in [0.1, 0.15) is 11.8 Å². The van der Waals surface area contributed by atoms with Crippen molar-refractivity contribution in [1.82, 2.24) is 15.4 Å².